The number of hydrogen-bond donors (Lipinski definition) is 1. The average Bonchev–Trinajstić information content (AvgIpc) is 2.42. The van der Waals surface area contributed by atoms with Gasteiger partial charge in [0, 0.05) is 16.0 Å². The molecule has 0 spiro atoms. The Morgan fingerprint density at radius 2 is 1.50 bits per heavy atom. The first kappa shape index (κ1) is 18.8. The number of halogens is 4. The van der Waals surface area contributed by atoms with Crippen LogP contribution in [0.15, 0.2) is 48.5 Å². The Morgan fingerprint density at radius 1 is 1.00 bits per heavy atom. The molecule has 0 aromatic heterocycles. The largest absolute Gasteiger partial charge is 0.328 e. The highest BCUT2D eigenvalue weighted by molar-refractivity contribution is 6.45. The van der Waals surface area contributed by atoms with Gasteiger partial charge in [-0.15, -0.1) is 33.3 Å². The molecule has 0 amide bonds. The molecule has 22 heavy (non-hydrogen) atoms. The van der Waals surface area contributed by atoms with E-state index in [4.69, 9.17) is 61.7 Å². The van der Waals surface area contributed by atoms with Gasteiger partial charge in [0.1, 0.15) is 4.84 Å². The maximum atomic E-state index is 8.36. The summed E-state index contributed by atoms with van der Waals surface area (Å²) in [4.78, 5) is 7.78. The van der Waals surface area contributed by atoms with Gasteiger partial charge in [0.25, 0.3) is 5.09 Å². The van der Waals surface area contributed by atoms with Gasteiger partial charge in [-0.25, -0.2) is 0 Å². The van der Waals surface area contributed by atoms with Crippen molar-refractivity contribution in [3.63, 3.8) is 0 Å². The summed E-state index contributed by atoms with van der Waals surface area (Å²) in [5.41, 5.74) is 1.90. The molecule has 2 aromatic carbocycles. The Morgan fingerprint density at radius 3 is 1.95 bits per heavy atom. The van der Waals surface area contributed by atoms with Crippen LogP contribution in [0, 0.1) is 10.1 Å². The van der Waals surface area contributed by atoms with Gasteiger partial charge in [0.15, 0.2) is 0 Å². The van der Waals surface area contributed by atoms with Gasteiger partial charge in [0.2, 0.25) is 0 Å². The summed E-state index contributed by atoms with van der Waals surface area (Å²) in [6.07, 6.45) is 0. The van der Waals surface area contributed by atoms with Crippen molar-refractivity contribution in [2.24, 2.45) is 0 Å². The third-order valence-corrected chi connectivity index (χ3v) is 3.82. The van der Waals surface area contributed by atoms with Gasteiger partial charge in [-0.05, 0) is 29.3 Å². The summed E-state index contributed by atoms with van der Waals surface area (Å²) in [6, 6.07) is 15.0. The molecular formula is C14H11Cl4NO3. The molecule has 0 aliphatic carbocycles. The second kappa shape index (κ2) is 9.06. The summed E-state index contributed by atoms with van der Waals surface area (Å²) < 4.78 is 0. The van der Waals surface area contributed by atoms with Crippen LogP contribution >= 0.6 is 46.4 Å². The van der Waals surface area contributed by atoms with Crippen molar-refractivity contribution in [3.05, 3.63) is 79.8 Å². The van der Waals surface area contributed by atoms with E-state index in [1.165, 1.54) is 0 Å². The second-order valence-corrected chi connectivity index (χ2v) is 6.13. The van der Waals surface area contributed by atoms with Gasteiger partial charge in [0.05, 0.1) is 0 Å². The highest BCUT2D eigenvalue weighted by Crippen LogP contribution is 2.37. The lowest BCUT2D eigenvalue weighted by Gasteiger charge is -2.20. The van der Waals surface area contributed by atoms with Crippen LogP contribution in [0.4, 0.5) is 0 Å². The molecule has 8 heteroatoms. The second-order valence-electron chi connectivity index (χ2n) is 4.12. The molecule has 4 nitrogen and oxygen atoms in total. The van der Waals surface area contributed by atoms with E-state index in [9.17, 15) is 0 Å². The van der Waals surface area contributed by atoms with Crippen LogP contribution in [0.1, 0.15) is 17.0 Å². The number of hydrogen-bond acceptors (Lipinski definition) is 2. The quantitative estimate of drug-likeness (QED) is 0.428. The number of benzene rings is 2. The topological polar surface area (TPSA) is 63.4 Å². The zero-order valence-electron chi connectivity index (χ0n) is 11.0. The third-order valence-electron chi connectivity index (χ3n) is 2.72. The summed E-state index contributed by atoms with van der Waals surface area (Å²) in [7, 11) is 0. The highest BCUT2D eigenvalue weighted by atomic mass is 35.5. The molecule has 1 atom stereocenters. The average molecular weight is 383 g/mol. The van der Waals surface area contributed by atoms with Gasteiger partial charge < -0.3 is 5.21 Å². The Balaban J connectivity index is 0.000000541. The molecule has 0 radical (unpaired) electrons. The zero-order chi connectivity index (χ0) is 16.7. The van der Waals surface area contributed by atoms with Crippen LogP contribution in [-0.4, -0.2) is 15.1 Å². The van der Waals surface area contributed by atoms with Crippen LogP contribution in [0.5, 0.6) is 0 Å². The van der Waals surface area contributed by atoms with E-state index in [0.29, 0.717) is 10.0 Å². The van der Waals surface area contributed by atoms with Gasteiger partial charge in [-0.3, -0.25) is 0 Å². The van der Waals surface area contributed by atoms with Crippen molar-refractivity contribution in [3.8, 4) is 0 Å². The van der Waals surface area contributed by atoms with E-state index in [1.54, 1.807) is 0 Å². The van der Waals surface area contributed by atoms with Crippen LogP contribution < -0.4 is 0 Å². The minimum Gasteiger partial charge on any atom is -0.328 e. The van der Waals surface area contributed by atoms with Crippen LogP contribution in [-0.2, 0) is 0 Å². The fourth-order valence-corrected chi connectivity index (χ4v) is 2.80. The summed E-state index contributed by atoms with van der Waals surface area (Å²) >= 11 is 24.3. The Bertz CT molecular complexity index is 616. The predicted octanol–water partition coefficient (Wildman–Crippen LogP) is 5.58. The van der Waals surface area contributed by atoms with Crippen LogP contribution in [0.2, 0.25) is 10.0 Å². The minimum absolute atomic E-state index is 0.167. The summed E-state index contributed by atoms with van der Waals surface area (Å²) in [6.45, 7) is 0. The Labute approximate surface area is 147 Å². The number of nitrogens with zero attached hydrogens (tertiary/aromatic N) is 1. The Kier molecular flexibility index (Phi) is 7.76. The maximum absolute atomic E-state index is 8.36. The molecule has 0 aliphatic heterocycles. The standard InChI is InChI=1S/C14H10Cl4.HNO3/c15-10-7-5-9(6-8-10)13(14(17)18)11-3-1-2-4-12(11)16;2-1(3)4/h1-8,13-14H;(H,2,3,4). The maximum Gasteiger partial charge on any atom is 0.291 e. The molecule has 0 heterocycles. The minimum atomic E-state index is -1.50. The first-order chi connectivity index (χ1) is 10.3. The molecule has 2 rings (SSSR count). The lowest BCUT2D eigenvalue weighted by molar-refractivity contribution is -0.742. The monoisotopic (exact) mass is 381 g/mol. The molecule has 118 valence electrons. The van der Waals surface area contributed by atoms with Crippen molar-refractivity contribution in [2.75, 3.05) is 0 Å². The molecule has 0 bridgehead atoms. The number of alkyl halides is 2. The van der Waals surface area contributed by atoms with E-state index in [-0.39, 0.29) is 5.92 Å². The predicted molar refractivity (Wildman–Crippen MR) is 89.0 cm³/mol. The van der Waals surface area contributed by atoms with Crippen molar-refractivity contribution >= 4 is 46.4 Å². The third kappa shape index (κ3) is 5.89. The first-order valence-electron chi connectivity index (χ1n) is 5.94. The molecule has 0 saturated heterocycles. The molecular weight excluding hydrogens is 372 g/mol. The molecule has 0 fully saturated rings. The molecule has 2 aromatic rings. The molecule has 1 N–H and O–H groups in total. The van der Waals surface area contributed by atoms with Crippen molar-refractivity contribution in [1.82, 2.24) is 0 Å². The molecule has 1 unspecified atom stereocenters. The van der Waals surface area contributed by atoms with E-state index in [1.807, 2.05) is 48.5 Å². The van der Waals surface area contributed by atoms with E-state index in [0.717, 1.165) is 11.1 Å². The van der Waals surface area contributed by atoms with Crippen molar-refractivity contribution in [2.45, 2.75) is 10.8 Å². The van der Waals surface area contributed by atoms with Crippen LogP contribution in [0.25, 0.3) is 0 Å². The lowest BCUT2D eigenvalue weighted by atomic mass is 9.93. The highest BCUT2D eigenvalue weighted by Gasteiger charge is 2.23. The van der Waals surface area contributed by atoms with Gasteiger partial charge in [-0.2, -0.15) is 0 Å². The van der Waals surface area contributed by atoms with Crippen molar-refractivity contribution in [1.29, 1.82) is 0 Å². The van der Waals surface area contributed by atoms with Crippen molar-refractivity contribution < 1.29 is 10.3 Å². The normalized spacial score (nSPS) is 11.5. The number of rotatable bonds is 3. The van der Waals surface area contributed by atoms with Gasteiger partial charge >= 0.3 is 0 Å². The fraction of sp³-hybridized carbons (Fsp3) is 0.143. The summed E-state index contributed by atoms with van der Waals surface area (Å²) in [5.74, 6) is -0.167. The lowest BCUT2D eigenvalue weighted by Crippen LogP contribution is -2.09. The first-order valence-corrected chi connectivity index (χ1v) is 7.57. The zero-order valence-corrected chi connectivity index (χ0v) is 14.0. The smallest absolute Gasteiger partial charge is 0.291 e. The molecule has 0 aliphatic rings. The Hall–Kier alpha value is -1.20. The van der Waals surface area contributed by atoms with Gasteiger partial charge in [-0.1, -0.05) is 53.5 Å². The van der Waals surface area contributed by atoms with E-state index < -0.39 is 9.92 Å². The summed E-state index contributed by atoms with van der Waals surface area (Å²) in [5, 5.41) is 15.0. The van der Waals surface area contributed by atoms with E-state index >= 15 is 0 Å². The van der Waals surface area contributed by atoms with E-state index in [2.05, 4.69) is 0 Å². The molecule has 0 saturated carbocycles. The SMILES string of the molecule is Clc1ccc(C(c2ccccc2Cl)C(Cl)Cl)cc1.O=[N+]([O-])O. The fourth-order valence-electron chi connectivity index (χ4n) is 1.86. The van der Waals surface area contributed by atoms with Crippen LogP contribution in [0.3, 0.4) is 0 Å².